The van der Waals surface area contributed by atoms with Gasteiger partial charge in [-0.2, -0.15) is 8.78 Å². The van der Waals surface area contributed by atoms with E-state index in [0.29, 0.717) is 17.4 Å². The Bertz CT molecular complexity index is 775. The van der Waals surface area contributed by atoms with Crippen molar-refractivity contribution in [2.75, 3.05) is 6.67 Å². The molecule has 3 saturated carbocycles. The molecule has 35 heavy (non-hydrogen) atoms. The number of benzene rings is 1. The minimum Gasteiger partial charge on any atom is -0.251 e. The second-order valence-electron chi connectivity index (χ2n) is 11.7. The monoisotopic (exact) mass is 562 g/mol. The average molecular weight is 564 g/mol. The predicted octanol–water partition coefficient (Wildman–Crippen LogP) is 10.4. The molecule has 0 amide bonds. The summed E-state index contributed by atoms with van der Waals surface area (Å²) in [4.78, 5) is -3.70. The maximum absolute atomic E-state index is 14.2. The SMILES string of the molecule is FCCC1CCC(CCC2CCC(C3CCC(c4cc(F)c(C(F)(F)Br)c(F)c4)CC3)CC2)CC1. The van der Waals surface area contributed by atoms with E-state index >= 15 is 0 Å². The summed E-state index contributed by atoms with van der Waals surface area (Å²) in [6.07, 6.45) is 17.6. The van der Waals surface area contributed by atoms with Crippen LogP contribution >= 0.6 is 15.9 Å². The van der Waals surface area contributed by atoms with Crippen LogP contribution in [-0.4, -0.2) is 6.67 Å². The maximum Gasteiger partial charge on any atom is 0.332 e. The largest absolute Gasteiger partial charge is 0.332 e. The Morgan fingerprint density at radius 1 is 0.657 bits per heavy atom. The van der Waals surface area contributed by atoms with Gasteiger partial charge in [-0.05, 0) is 114 Å². The van der Waals surface area contributed by atoms with Crippen molar-refractivity contribution in [1.29, 1.82) is 0 Å². The lowest BCUT2D eigenvalue weighted by molar-refractivity contribution is 0.105. The molecule has 0 aromatic heterocycles. The summed E-state index contributed by atoms with van der Waals surface area (Å²) < 4.78 is 67.9. The lowest BCUT2D eigenvalue weighted by Gasteiger charge is -2.38. The summed E-state index contributed by atoms with van der Waals surface area (Å²) in [6, 6.07) is 2.22. The van der Waals surface area contributed by atoms with Crippen LogP contribution in [0.2, 0.25) is 0 Å². The van der Waals surface area contributed by atoms with Crippen molar-refractivity contribution in [3.05, 3.63) is 34.9 Å². The van der Waals surface area contributed by atoms with Gasteiger partial charge in [-0.3, -0.25) is 4.39 Å². The van der Waals surface area contributed by atoms with Gasteiger partial charge in [0.1, 0.15) is 17.2 Å². The molecule has 198 valence electrons. The Kier molecular flexibility index (Phi) is 9.59. The van der Waals surface area contributed by atoms with Gasteiger partial charge >= 0.3 is 4.83 Å². The third kappa shape index (κ3) is 7.23. The minimum absolute atomic E-state index is 0.0459. The first-order valence-electron chi connectivity index (χ1n) is 13.9. The number of halogens is 6. The van der Waals surface area contributed by atoms with Gasteiger partial charge < -0.3 is 0 Å². The van der Waals surface area contributed by atoms with Gasteiger partial charge in [0.25, 0.3) is 0 Å². The zero-order chi connectivity index (χ0) is 25.0. The summed E-state index contributed by atoms with van der Waals surface area (Å²) in [6.45, 7) is -0.163. The third-order valence-electron chi connectivity index (χ3n) is 9.62. The Hall–Kier alpha value is -0.650. The Balaban J connectivity index is 1.18. The van der Waals surface area contributed by atoms with Crippen molar-refractivity contribution in [3.8, 4) is 0 Å². The smallest absolute Gasteiger partial charge is 0.251 e. The summed E-state index contributed by atoms with van der Waals surface area (Å²) in [5.41, 5.74) is -0.683. The molecule has 4 rings (SSSR count). The molecule has 0 saturated heterocycles. The lowest BCUT2D eigenvalue weighted by Crippen LogP contribution is -2.26. The first-order chi connectivity index (χ1) is 16.7. The van der Waals surface area contributed by atoms with Crippen LogP contribution in [0.25, 0.3) is 0 Å². The molecule has 6 heteroatoms. The predicted molar refractivity (Wildman–Crippen MR) is 135 cm³/mol. The number of hydrogen-bond donors (Lipinski definition) is 0. The van der Waals surface area contributed by atoms with Gasteiger partial charge in [-0.1, -0.05) is 51.4 Å². The molecule has 0 N–H and O–H groups in total. The summed E-state index contributed by atoms with van der Waals surface area (Å²) in [7, 11) is 0. The van der Waals surface area contributed by atoms with Crippen LogP contribution in [0.1, 0.15) is 113 Å². The highest BCUT2D eigenvalue weighted by molar-refractivity contribution is 9.09. The Morgan fingerprint density at radius 2 is 1.06 bits per heavy atom. The van der Waals surface area contributed by atoms with Crippen LogP contribution < -0.4 is 0 Å². The van der Waals surface area contributed by atoms with Gasteiger partial charge in [-0.25, -0.2) is 8.78 Å². The molecule has 0 heterocycles. The van der Waals surface area contributed by atoms with Gasteiger partial charge in [0.15, 0.2) is 0 Å². The van der Waals surface area contributed by atoms with Gasteiger partial charge in [0.05, 0.1) is 6.67 Å². The van der Waals surface area contributed by atoms with Crippen LogP contribution in [0.15, 0.2) is 12.1 Å². The summed E-state index contributed by atoms with van der Waals surface area (Å²) in [5, 5.41) is 0. The molecule has 0 bridgehead atoms. The molecule has 3 aliphatic rings. The van der Waals surface area contributed by atoms with E-state index in [2.05, 4.69) is 15.9 Å². The Labute approximate surface area is 216 Å². The number of rotatable bonds is 8. The van der Waals surface area contributed by atoms with Crippen LogP contribution in [0.4, 0.5) is 22.0 Å². The van der Waals surface area contributed by atoms with Crippen molar-refractivity contribution in [2.24, 2.45) is 29.6 Å². The molecule has 0 unspecified atom stereocenters. The van der Waals surface area contributed by atoms with E-state index in [9.17, 15) is 22.0 Å². The minimum atomic E-state index is -3.70. The van der Waals surface area contributed by atoms with E-state index in [1.807, 2.05) is 0 Å². The van der Waals surface area contributed by atoms with Crippen LogP contribution in [0, 0.1) is 41.2 Å². The fourth-order valence-electron chi connectivity index (χ4n) is 7.41. The zero-order valence-corrected chi connectivity index (χ0v) is 22.3. The van der Waals surface area contributed by atoms with E-state index in [4.69, 9.17) is 0 Å². The van der Waals surface area contributed by atoms with Crippen LogP contribution in [0.5, 0.6) is 0 Å². The van der Waals surface area contributed by atoms with E-state index in [-0.39, 0.29) is 12.6 Å². The summed E-state index contributed by atoms with van der Waals surface area (Å²) >= 11 is 2.08. The standard InChI is InChI=1S/C29H40BrF5/c30-29(34,35)28-26(32)17-25(18-27(28)33)24-13-11-23(12-14-24)22-9-7-20(8-10-22)2-1-19-3-5-21(6-4-19)15-16-31/h17-24H,1-16H2. The fraction of sp³-hybridized carbons (Fsp3) is 0.793. The first-order valence-corrected chi connectivity index (χ1v) is 14.7. The zero-order valence-electron chi connectivity index (χ0n) is 20.7. The highest BCUT2D eigenvalue weighted by Crippen LogP contribution is 2.46. The van der Waals surface area contributed by atoms with Crippen LogP contribution in [0.3, 0.4) is 0 Å². The molecule has 3 fully saturated rings. The molecule has 0 radical (unpaired) electrons. The molecular weight excluding hydrogens is 523 g/mol. The fourth-order valence-corrected chi connectivity index (χ4v) is 7.78. The van der Waals surface area contributed by atoms with E-state index < -0.39 is 22.0 Å². The van der Waals surface area contributed by atoms with Crippen molar-refractivity contribution < 1.29 is 22.0 Å². The van der Waals surface area contributed by atoms with E-state index in [0.717, 1.165) is 62.0 Å². The van der Waals surface area contributed by atoms with Gasteiger partial charge in [-0.15, -0.1) is 0 Å². The average Bonchev–Trinajstić information content (AvgIpc) is 2.83. The van der Waals surface area contributed by atoms with Crippen LogP contribution in [-0.2, 0) is 4.83 Å². The van der Waals surface area contributed by atoms with Crippen molar-refractivity contribution in [3.63, 3.8) is 0 Å². The Morgan fingerprint density at radius 3 is 1.49 bits per heavy atom. The molecule has 0 atom stereocenters. The summed E-state index contributed by atoms with van der Waals surface area (Å²) in [5.74, 6) is 1.46. The van der Waals surface area contributed by atoms with E-state index in [1.165, 1.54) is 64.2 Å². The second kappa shape index (κ2) is 12.3. The van der Waals surface area contributed by atoms with Gasteiger partial charge in [0, 0.05) is 0 Å². The number of alkyl halides is 4. The maximum atomic E-state index is 14.2. The normalized spacial score (nSPS) is 32.5. The van der Waals surface area contributed by atoms with Crippen molar-refractivity contribution >= 4 is 15.9 Å². The second-order valence-corrected chi connectivity index (χ2v) is 12.7. The molecule has 1 aromatic carbocycles. The molecule has 0 nitrogen and oxygen atoms in total. The molecule has 1 aromatic rings. The first kappa shape index (κ1) is 27.4. The third-order valence-corrected chi connectivity index (χ3v) is 10.0. The highest BCUT2D eigenvalue weighted by Gasteiger charge is 2.36. The lowest BCUT2D eigenvalue weighted by atomic mass is 9.67. The molecule has 3 aliphatic carbocycles. The number of hydrogen-bond acceptors (Lipinski definition) is 0. The molecule has 0 aliphatic heterocycles. The van der Waals surface area contributed by atoms with Crippen molar-refractivity contribution in [2.45, 2.75) is 107 Å². The molecular formula is C29H40BrF5. The quantitative estimate of drug-likeness (QED) is 0.218. The molecule has 0 spiro atoms. The van der Waals surface area contributed by atoms with E-state index in [1.54, 1.807) is 0 Å². The highest BCUT2D eigenvalue weighted by atomic mass is 79.9. The van der Waals surface area contributed by atoms with Gasteiger partial charge in [0.2, 0.25) is 0 Å². The van der Waals surface area contributed by atoms with Crippen molar-refractivity contribution in [1.82, 2.24) is 0 Å². The topological polar surface area (TPSA) is 0 Å².